The minimum Gasteiger partial charge on any atom is -0.377 e. The van der Waals surface area contributed by atoms with Gasteiger partial charge in [0.2, 0.25) is 0 Å². The Morgan fingerprint density at radius 1 is 0.839 bits per heavy atom. The summed E-state index contributed by atoms with van der Waals surface area (Å²) in [5, 5.41) is 3.95. The van der Waals surface area contributed by atoms with E-state index in [0.29, 0.717) is 5.92 Å². The van der Waals surface area contributed by atoms with E-state index in [1.54, 1.807) is 5.57 Å². The van der Waals surface area contributed by atoms with Crippen molar-refractivity contribution in [2.24, 2.45) is 5.92 Å². The highest BCUT2D eigenvalue weighted by molar-refractivity contribution is 9.15. The van der Waals surface area contributed by atoms with Crippen molar-refractivity contribution in [1.82, 2.24) is 0 Å². The lowest BCUT2D eigenvalue weighted by atomic mass is 9.56. The van der Waals surface area contributed by atoms with Crippen molar-refractivity contribution in [1.29, 1.82) is 0 Å². The van der Waals surface area contributed by atoms with Crippen LogP contribution in [0.15, 0.2) is 96.6 Å². The van der Waals surface area contributed by atoms with E-state index in [4.69, 9.17) is 0 Å². The quantitative estimate of drug-likeness (QED) is 0.361. The predicted molar refractivity (Wildman–Crippen MR) is 132 cm³/mol. The fraction of sp³-hybridized carbons (Fsp3) is 0.172. The first-order chi connectivity index (χ1) is 15.3. The Hall–Kier alpha value is -2.84. The van der Waals surface area contributed by atoms with Gasteiger partial charge in [-0.05, 0) is 57.9 Å². The molecule has 150 valence electrons. The molecule has 0 amide bonds. The first-order valence-corrected chi connectivity index (χ1v) is 11.9. The van der Waals surface area contributed by atoms with Gasteiger partial charge < -0.3 is 5.32 Å². The average Bonchev–Trinajstić information content (AvgIpc) is 3.12. The Balaban J connectivity index is 1.62. The molecule has 1 heterocycles. The number of anilines is 1. The molecule has 0 bridgehead atoms. The van der Waals surface area contributed by atoms with E-state index in [9.17, 15) is 0 Å². The SMILES string of the molecule is BrC1=CC2C(Nc3ccccc3C23C2=C(C=CCC2)c2ccccc23)c2ccccc21. The fourth-order valence-electron chi connectivity index (χ4n) is 6.60. The van der Waals surface area contributed by atoms with E-state index in [-0.39, 0.29) is 11.5 Å². The maximum atomic E-state index is 3.95. The lowest BCUT2D eigenvalue weighted by molar-refractivity contribution is 0.370. The van der Waals surface area contributed by atoms with Crippen molar-refractivity contribution in [3.05, 3.63) is 124 Å². The lowest BCUT2D eigenvalue weighted by Crippen LogP contribution is -2.46. The molecule has 1 spiro atoms. The zero-order valence-corrected chi connectivity index (χ0v) is 18.7. The number of hydrogen-bond donors (Lipinski definition) is 1. The Labute approximate surface area is 191 Å². The standard InChI is InChI=1S/C29H22BrN/c30-26-17-25-28(21-12-2-1-11-20(21)26)31-27-16-8-7-15-24(27)29(25)22-13-5-3-9-18(22)19-10-4-6-14-23(19)29/h1-5,7-13,15-17,25,28,31H,6,14H2. The Kier molecular flexibility index (Phi) is 3.64. The third-order valence-corrected chi connectivity index (χ3v) is 8.38. The zero-order chi connectivity index (χ0) is 20.6. The van der Waals surface area contributed by atoms with E-state index < -0.39 is 0 Å². The fourth-order valence-corrected chi connectivity index (χ4v) is 7.25. The van der Waals surface area contributed by atoms with E-state index >= 15 is 0 Å². The topological polar surface area (TPSA) is 12.0 Å². The average molecular weight is 464 g/mol. The first-order valence-electron chi connectivity index (χ1n) is 11.1. The Morgan fingerprint density at radius 2 is 1.58 bits per heavy atom. The van der Waals surface area contributed by atoms with Crippen LogP contribution in [0.2, 0.25) is 0 Å². The highest BCUT2D eigenvalue weighted by Crippen LogP contribution is 2.65. The molecule has 1 N–H and O–H groups in total. The number of nitrogens with one attached hydrogen (secondary N) is 1. The number of fused-ring (bicyclic) bond motifs is 10. The molecule has 0 saturated carbocycles. The molecule has 1 aliphatic heterocycles. The summed E-state index contributed by atoms with van der Waals surface area (Å²) in [6.07, 6.45) is 9.44. The van der Waals surface area contributed by atoms with Crippen LogP contribution in [0.3, 0.4) is 0 Å². The number of rotatable bonds is 0. The van der Waals surface area contributed by atoms with E-state index in [1.165, 1.54) is 43.6 Å². The molecule has 3 unspecified atom stereocenters. The van der Waals surface area contributed by atoms with Crippen molar-refractivity contribution < 1.29 is 0 Å². The molecule has 2 heteroatoms. The van der Waals surface area contributed by atoms with Gasteiger partial charge >= 0.3 is 0 Å². The van der Waals surface area contributed by atoms with Crippen LogP contribution < -0.4 is 5.32 Å². The molecule has 0 aromatic heterocycles. The largest absolute Gasteiger partial charge is 0.377 e. The van der Waals surface area contributed by atoms with Gasteiger partial charge in [-0.3, -0.25) is 0 Å². The second kappa shape index (κ2) is 6.34. The molecule has 0 radical (unpaired) electrons. The molecule has 0 fully saturated rings. The summed E-state index contributed by atoms with van der Waals surface area (Å²) in [5.74, 6) is 0.298. The van der Waals surface area contributed by atoms with E-state index in [1.807, 2.05) is 0 Å². The summed E-state index contributed by atoms with van der Waals surface area (Å²) in [4.78, 5) is 0. The van der Waals surface area contributed by atoms with Crippen LogP contribution in [0, 0.1) is 5.92 Å². The molecule has 0 saturated heterocycles. The molecule has 4 aliphatic rings. The summed E-state index contributed by atoms with van der Waals surface area (Å²) in [7, 11) is 0. The van der Waals surface area contributed by atoms with Gasteiger partial charge in [-0.15, -0.1) is 0 Å². The number of benzene rings is 3. The van der Waals surface area contributed by atoms with Gasteiger partial charge in [-0.2, -0.15) is 0 Å². The van der Waals surface area contributed by atoms with Gasteiger partial charge in [0.1, 0.15) is 0 Å². The number of allylic oxidation sites excluding steroid dienone is 4. The third kappa shape index (κ3) is 2.16. The maximum absolute atomic E-state index is 3.95. The van der Waals surface area contributed by atoms with Gasteiger partial charge in [-0.1, -0.05) is 101 Å². The number of hydrogen-bond acceptors (Lipinski definition) is 1. The molecular formula is C29H22BrN. The summed E-state index contributed by atoms with van der Waals surface area (Å²) in [5.41, 5.74) is 11.1. The minimum atomic E-state index is -0.143. The normalized spacial score (nSPS) is 26.9. The zero-order valence-electron chi connectivity index (χ0n) is 17.1. The van der Waals surface area contributed by atoms with Gasteiger partial charge in [0.15, 0.2) is 0 Å². The van der Waals surface area contributed by atoms with Crippen molar-refractivity contribution >= 4 is 31.7 Å². The second-order valence-corrected chi connectivity index (χ2v) is 9.84. The summed E-state index contributed by atoms with van der Waals surface area (Å²) in [6.45, 7) is 0. The van der Waals surface area contributed by atoms with Crippen LogP contribution in [0.1, 0.15) is 46.7 Å². The molecule has 3 atom stereocenters. The Morgan fingerprint density at radius 3 is 2.48 bits per heavy atom. The maximum Gasteiger partial charge on any atom is 0.0598 e. The van der Waals surface area contributed by atoms with Crippen LogP contribution >= 0.6 is 15.9 Å². The number of para-hydroxylation sites is 1. The van der Waals surface area contributed by atoms with Crippen LogP contribution in [-0.4, -0.2) is 0 Å². The van der Waals surface area contributed by atoms with Gasteiger partial charge in [0.05, 0.1) is 11.5 Å². The van der Waals surface area contributed by atoms with Crippen LogP contribution in [-0.2, 0) is 5.41 Å². The molecule has 3 aromatic rings. The summed E-state index contributed by atoms with van der Waals surface area (Å²) in [6, 6.07) is 27.2. The summed E-state index contributed by atoms with van der Waals surface area (Å²) < 4.78 is 1.21. The number of halogens is 1. The highest BCUT2D eigenvalue weighted by Gasteiger charge is 2.56. The highest BCUT2D eigenvalue weighted by atomic mass is 79.9. The lowest BCUT2D eigenvalue weighted by Gasteiger charge is -2.51. The molecule has 31 heavy (non-hydrogen) atoms. The minimum absolute atomic E-state index is 0.143. The molecule has 3 aliphatic carbocycles. The van der Waals surface area contributed by atoms with Crippen molar-refractivity contribution in [2.75, 3.05) is 5.32 Å². The molecule has 7 rings (SSSR count). The van der Waals surface area contributed by atoms with E-state index in [0.717, 1.165) is 12.8 Å². The monoisotopic (exact) mass is 463 g/mol. The molecule has 3 aromatic carbocycles. The van der Waals surface area contributed by atoms with E-state index in [2.05, 4.69) is 112 Å². The van der Waals surface area contributed by atoms with Crippen LogP contribution in [0.5, 0.6) is 0 Å². The van der Waals surface area contributed by atoms with Gasteiger partial charge in [0.25, 0.3) is 0 Å². The van der Waals surface area contributed by atoms with Gasteiger partial charge in [0, 0.05) is 16.1 Å². The van der Waals surface area contributed by atoms with Crippen molar-refractivity contribution in [3.8, 4) is 0 Å². The van der Waals surface area contributed by atoms with Crippen molar-refractivity contribution in [2.45, 2.75) is 24.3 Å². The van der Waals surface area contributed by atoms with Gasteiger partial charge in [-0.25, -0.2) is 0 Å². The summed E-state index contributed by atoms with van der Waals surface area (Å²) >= 11 is 3.95. The molecular weight excluding hydrogens is 442 g/mol. The molecule has 1 nitrogen and oxygen atoms in total. The first kappa shape index (κ1) is 17.8. The third-order valence-electron chi connectivity index (χ3n) is 7.69. The smallest absolute Gasteiger partial charge is 0.0598 e. The second-order valence-electron chi connectivity index (χ2n) is 8.98. The van der Waals surface area contributed by atoms with Crippen LogP contribution in [0.4, 0.5) is 5.69 Å². The predicted octanol–water partition coefficient (Wildman–Crippen LogP) is 7.62. The van der Waals surface area contributed by atoms with Crippen molar-refractivity contribution in [3.63, 3.8) is 0 Å². The Bertz CT molecular complexity index is 1340. The van der Waals surface area contributed by atoms with Crippen LogP contribution in [0.25, 0.3) is 10.1 Å².